The number of hydrogen-bond donors (Lipinski definition) is 2. The molecular weight excluding hydrogens is 316 g/mol. The second kappa shape index (κ2) is 8.41. The van der Waals surface area contributed by atoms with Crippen LogP contribution in [-0.4, -0.2) is 45.8 Å². The lowest BCUT2D eigenvalue weighted by Crippen LogP contribution is -3.13. The Labute approximate surface area is 142 Å². The third kappa shape index (κ3) is 4.52. The summed E-state index contributed by atoms with van der Waals surface area (Å²) in [6.45, 7) is 5.66. The third-order valence-electron chi connectivity index (χ3n) is 4.33. The van der Waals surface area contributed by atoms with Crippen LogP contribution in [0.25, 0.3) is 0 Å². The van der Waals surface area contributed by atoms with Crippen molar-refractivity contribution >= 4 is 17.5 Å². The number of carbonyl (C=O) groups excluding carboxylic acids is 1. The van der Waals surface area contributed by atoms with E-state index in [4.69, 9.17) is 21.1 Å². The molecule has 1 fully saturated rings. The maximum atomic E-state index is 12.5. The zero-order chi connectivity index (χ0) is 16.8. The van der Waals surface area contributed by atoms with E-state index in [1.807, 2.05) is 0 Å². The topological polar surface area (TPSA) is 52.0 Å². The van der Waals surface area contributed by atoms with Gasteiger partial charge in [-0.05, 0) is 18.6 Å². The van der Waals surface area contributed by atoms with E-state index in [0.29, 0.717) is 22.1 Å². The Morgan fingerprint density at radius 2 is 2.00 bits per heavy atom. The van der Waals surface area contributed by atoms with Crippen molar-refractivity contribution < 1.29 is 19.2 Å². The number of carbonyl (C=O) groups is 1. The summed E-state index contributed by atoms with van der Waals surface area (Å²) >= 11 is 6.17. The van der Waals surface area contributed by atoms with E-state index >= 15 is 0 Å². The van der Waals surface area contributed by atoms with E-state index in [0.717, 1.165) is 25.9 Å². The molecule has 0 atom stereocenters. The zero-order valence-corrected chi connectivity index (χ0v) is 14.8. The highest BCUT2D eigenvalue weighted by atomic mass is 35.5. The second-order valence-electron chi connectivity index (χ2n) is 5.94. The van der Waals surface area contributed by atoms with E-state index in [1.54, 1.807) is 17.0 Å². The lowest BCUT2D eigenvalue weighted by molar-refractivity contribution is -0.905. The highest BCUT2D eigenvalue weighted by molar-refractivity contribution is 6.32. The molecule has 6 heteroatoms. The SMILES string of the molecule is CCC[NH+]1CCC(NC(=O)c2cc(Cl)c(OC)c(OC)c2)CC1. The van der Waals surface area contributed by atoms with Crippen molar-refractivity contribution in [3.8, 4) is 11.5 Å². The number of rotatable bonds is 6. The van der Waals surface area contributed by atoms with Crippen LogP contribution in [0.5, 0.6) is 11.5 Å². The molecule has 2 rings (SSSR count). The first kappa shape index (κ1) is 17.9. The molecule has 0 bridgehead atoms. The Morgan fingerprint density at radius 1 is 1.30 bits per heavy atom. The smallest absolute Gasteiger partial charge is 0.251 e. The summed E-state index contributed by atoms with van der Waals surface area (Å²) in [6.07, 6.45) is 3.24. The van der Waals surface area contributed by atoms with Gasteiger partial charge in [0.25, 0.3) is 5.91 Å². The quantitative estimate of drug-likeness (QED) is 0.825. The van der Waals surface area contributed by atoms with E-state index in [-0.39, 0.29) is 11.9 Å². The summed E-state index contributed by atoms with van der Waals surface area (Å²) in [5.41, 5.74) is 0.496. The van der Waals surface area contributed by atoms with Crippen LogP contribution in [0.3, 0.4) is 0 Å². The number of ether oxygens (including phenoxy) is 2. The molecule has 0 unspecified atom stereocenters. The number of quaternary nitrogens is 1. The Bertz CT molecular complexity index is 543. The maximum Gasteiger partial charge on any atom is 0.251 e. The summed E-state index contributed by atoms with van der Waals surface area (Å²) in [7, 11) is 3.05. The Kier molecular flexibility index (Phi) is 6.54. The first-order valence-electron chi connectivity index (χ1n) is 8.15. The molecular formula is C17H26ClN2O3+. The fourth-order valence-corrected chi connectivity index (χ4v) is 3.38. The van der Waals surface area contributed by atoms with Gasteiger partial charge in [-0.3, -0.25) is 4.79 Å². The minimum absolute atomic E-state index is 0.114. The average Bonchev–Trinajstić information content (AvgIpc) is 2.56. The van der Waals surface area contributed by atoms with Crippen molar-refractivity contribution in [1.82, 2.24) is 5.32 Å². The van der Waals surface area contributed by atoms with Crippen molar-refractivity contribution in [3.05, 3.63) is 22.7 Å². The molecule has 1 heterocycles. The number of likely N-dealkylation sites (tertiary alicyclic amines) is 1. The standard InChI is InChI=1S/C17H25ClN2O3/c1-4-7-20-8-5-13(6-9-20)19-17(21)12-10-14(18)16(23-3)15(11-12)22-2/h10-11,13H,4-9H2,1-3H3,(H,19,21)/p+1. The maximum absolute atomic E-state index is 12.5. The highest BCUT2D eigenvalue weighted by Gasteiger charge is 2.24. The molecule has 0 radical (unpaired) electrons. The molecule has 0 spiro atoms. The van der Waals surface area contributed by atoms with Gasteiger partial charge >= 0.3 is 0 Å². The van der Waals surface area contributed by atoms with Crippen LogP contribution < -0.4 is 19.7 Å². The predicted octanol–water partition coefficient (Wildman–Crippen LogP) is 1.54. The molecule has 1 aromatic carbocycles. The van der Waals surface area contributed by atoms with E-state index < -0.39 is 0 Å². The van der Waals surface area contributed by atoms with Crippen molar-refractivity contribution in [2.45, 2.75) is 32.2 Å². The Morgan fingerprint density at radius 3 is 2.57 bits per heavy atom. The molecule has 1 aliphatic rings. The van der Waals surface area contributed by atoms with Crippen LogP contribution in [0.2, 0.25) is 5.02 Å². The molecule has 128 valence electrons. The lowest BCUT2D eigenvalue weighted by Gasteiger charge is -2.29. The molecule has 0 aromatic heterocycles. The van der Waals surface area contributed by atoms with Crippen molar-refractivity contribution in [2.75, 3.05) is 33.9 Å². The van der Waals surface area contributed by atoms with Crippen LogP contribution in [0.15, 0.2) is 12.1 Å². The van der Waals surface area contributed by atoms with Gasteiger partial charge in [-0.1, -0.05) is 18.5 Å². The van der Waals surface area contributed by atoms with Gasteiger partial charge < -0.3 is 19.7 Å². The normalized spacial score (nSPS) is 20.9. The fraction of sp³-hybridized carbons (Fsp3) is 0.588. The largest absolute Gasteiger partial charge is 0.493 e. The van der Waals surface area contributed by atoms with Gasteiger partial charge in [0.1, 0.15) is 0 Å². The molecule has 1 aliphatic heterocycles. The Balaban J connectivity index is 2.00. The first-order valence-corrected chi connectivity index (χ1v) is 8.52. The third-order valence-corrected chi connectivity index (χ3v) is 4.61. The van der Waals surface area contributed by atoms with Crippen LogP contribution in [-0.2, 0) is 0 Å². The summed E-state index contributed by atoms with van der Waals surface area (Å²) < 4.78 is 10.4. The van der Waals surface area contributed by atoms with Gasteiger partial charge in [-0.25, -0.2) is 0 Å². The molecule has 0 aliphatic carbocycles. The van der Waals surface area contributed by atoms with Crippen LogP contribution in [0, 0.1) is 0 Å². The summed E-state index contributed by atoms with van der Waals surface area (Å²) in [6, 6.07) is 3.52. The molecule has 5 nitrogen and oxygen atoms in total. The minimum Gasteiger partial charge on any atom is -0.493 e. The van der Waals surface area contributed by atoms with E-state index in [1.165, 1.54) is 27.2 Å². The van der Waals surface area contributed by atoms with Gasteiger partial charge in [0.2, 0.25) is 0 Å². The van der Waals surface area contributed by atoms with Crippen molar-refractivity contribution in [3.63, 3.8) is 0 Å². The number of methoxy groups -OCH3 is 2. The number of benzene rings is 1. The summed E-state index contributed by atoms with van der Waals surface area (Å²) in [4.78, 5) is 14.1. The van der Waals surface area contributed by atoms with Crippen LogP contribution in [0.1, 0.15) is 36.5 Å². The van der Waals surface area contributed by atoms with Crippen LogP contribution >= 0.6 is 11.6 Å². The zero-order valence-electron chi connectivity index (χ0n) is 14.1. The molecule has 23 heavy (non-hydrogen) atoms. The molecule has 1 amide bonds. The Hall–Kier alpha value is -1.46. The van der Waals surface area contributed by atoms with Gasteiger partial charge in [0, 0.05) is 24.4 Å². The number of nitrogens with one attached hydrogen (secondary N) is 2. The molecule has 0 saturated carbocycles. The summed E-state index contributed by atoms with van der Waals surface area (Å²) in [5.74, 6) is 0.798. The molecule has 1 saturated heterocycles. The van der Waals surface area contributed by atoms with Gasteiger partial charge in [0.15, 0.2) is 11.5 Å². The molecule has 2 N–H and O–H groups in total. The van der Waals surface area contributed by atoms with Crippen LogP contribution in [0.4, 0.5) is 0 Å². The van der Waals surface area contributed by atoms with Gasteiger partial charge in [-0.2, -0.15) is 0 Å². The number of hydrogen-bond acceptors (Lipinski definition) is 3. The summed E-state index contributed by atoms with van der Waals surface area (Å²) in [5, 5.41) is 3.48. The monoisotopic (exact) mass is 341 g/mol. The molecule has 1 aromatic rings. The predicted molar refractivity (Wildman–Crippen MR) is 90.9 cm³/mol. The van der Waals surface area contributed by atoms with Gasteiger partial charge in [-0.15, -0.1) is 0 Å². The van der Waals surface area contributed by atoms with Gasteiger partial charge in [0.05, 0.1) is 38.9 Å². The number of halogens is 1. The van der Waals surface area contributed by atoms with E-state index in [2.05, 4.69) is 12.2 Å². The highest BCUT2D eigenvalue weighted by Crippen LogP contribution is 2.36. The average molecular weight is 342 g/mol. The lowest BCUT2D eigenvalue weighted by atomic mass is 10.0. The number of amides is 1. The first-order chi connectivity index (χ1) is 11.1. The number of piperidine rings is 1. The van der Waals surface area contributed by atoms with Crippen molar-refractivity contribution in [1.29, 1.82) is 0 Å². The minimum atomic E-state index is -0.114. The second-order valence-corrected chi connectivity index (χ2v) is 6.35. The van der Waals surface area contributed by atoms with Crippen molar-refractivity contribution in [2.24, 2.45) is 0 Å². The van der Waals surface area contributed by atoms with E-state index in [9.17, 15) is 4.79 Å². The fourth-order valence-electron chi connectivity index (χ4n) is 3.09.